The van der Waals surface area contributed by atoms with E-state index in [0.717, 1.165) is 55.8 Å². The molecule has 0 spiro atoms. The van der Waals surface area contributed by atoms with Crippen LogP contribution < -0.4 is 9.47 Å². The van der Waals surface area contributed by atoms with Crippen molar-refractivity contribution >= 4 is 64.7 Å². The van der Waals surface area contributed by atoms with E-state index < -0.39 is 14.8 Å². The van der Waals surface area contributed by atoms with Crippen LogP contribution in [0.3, 0.4) is 0 Å². The number of pyridine rings is 4. The molecule has 0 bridgehead atoms. The number of hydrogen-bond acceptors (Lipinski definition) is 9. The Balaban J connectivity index is 0.000000169. The third-order valence-electron chi connectivity index (χ3n) is 5.90. The summed E-state index contributed by atoms with van der Waals surface area (Å²) >= 11 is -1.62. The molecular weight excluding hydrogens is 575 g/mol. The van der Waals surface area contributed by atoms with Crippen molar-refractivity contribution in [2.24, 2.45) is 0 Å². The first-order valence-electron chi connectivity index (χ1n) is 12.5. The van der Waals surface area contributed by atoms with E-state index in [1.807, 2.05) is 63.2 Å². The topological polar surface area (TPSA) is 121 Å². The Hall–Kier alpha value is -4.53. The number of aryl methyl sites for hydroxylation is 1. The number of carbonyl (C=O) groups excluding carboxylic acids is 1. The molecular formula is C30H26N4O5Se. The molecule has 0 saturated heterocycles. The van der Waals surface area contributed by atoms with Gasteiger partial charge in [0, 0.05) is 51.8 Å². The maximum atomic E-state index is 11.0. The predicted octanol–water partition coefficient (Wildman–Crippen LogP) is 5.87. The van der Waals surface area contributed by atoms with Gasteiger partial charge in [-0.1, -0.05) is 24.3 Å². The molecule has 4 aromatic heterocycles. The van der Waals surface area contributed by atoms with E-state index in [4.69, 9.17) is 17.1 Å². The normalized spacial score (nSPS) is 10.4. The molecule has 0 saturated carbocycles. The number of fused-ring (bicyclic) bond motifs is 6. The zero-order valence-corrected chi connectivity index (χ0v) is 23.9. The van der Waals surface area contributed by atoms with Gasteiger partial charge in [-0.2, -0.15) is 0 Å². The Bertz CT molecular complexity index is 1860. The van der Waals surface area contributed by atoms with E-state index in [0.29, 0.717) is 30.2 Å². The summed E-state index contributed by atoms with van der Waals surface area (Å²) in [6.45, 7) is 7.06. The minimum atomic E-state index is -1.62. The second kappa shape index (κ2) is 13.5. The summed E-state index contributed by atoms with van der Waals surface area (Å²) in [6, 6.07) is 19.5. The Morgan fingerprint density at radius 3 is 1.73 bits per heavy atom. The van der Waals surface area contributed by atoms with Gasteiger partial charge < -0.3 is 9.47 Å². The van der Waals surface area contributed by atoms with E-state index >= 15 is 0 Å². The number of aldehydes is 1. The van der Waals surface area contributed by atoms with Crippen LogP contribution in [0.4, 0.5) is 0 Å². The minimum absolute atomic E-state index is 0.356. The molecule has 6 aromatic rings. The molecule has 0 aliphatic rings. The molecule has 2 aromatic carbocycles. The molecule has 0 atom stereocenters. The van der Waals surface area contributed by atoms with Crippen LogP contribution in [0.25, 0.3) is 43.6 Å². The van der Waals surface area contributed by atoms with Crippen molar-refractivity contribution in [3.8, 4) is 11.5 Å². The molecule has 202 valence electrons. The molecule has 4 heterocycles. The molecule has 0 aliphatic heterocycles. The fourth-order valence-corrected chi connectivity index (χ4v) is 4.34. The number of benzene rings is 2. The van der Waals surface area contributed by atoms with Gasteiger partial charge in [0.15, 0.2) is 6.29 Å². The van der Waals surface area contributed by atoms with Crippen LogP contribution in [-0.2, 0) is 7.67 Å². The molecule has 0 amide bonds. The standard InChI is InChI=1S/C15H12N2O2.C15H14N2O.O2Se/c1-2-19-13-8-11(9-18)17-15-12(13)6-5-10-4-3-7-16-14(10)15;1-3-18-13-9-10(2)17-15-12(13)7-6-11-5-4-8-16-14(11)15;1-3-2/h3-9H,2H2,1H3;4-9H,3H2,1-2H3;. The van der Waals surface area contributed by atoms with E-state index in [1.165, 1.54) is 0 Å². The second-order valence-electron chi connectivity index (χ2n) is 8.43. The van der Waals surface area contributed by atoms with E-state index in [1.54, 1.807) is 18.5 Å². The Morgan fingerprint density at radius 2 is 1.23 bits per heavy atom. The van der Waals surface area contributed by atoms with Gasteiger partial charge in [0.1, 0.15) is 28.2 Å². The van der Waals surface area contributed by atoms with E-state index in [9.17, 15) is 4.79 Å². The summed E-state index contributed by atoms with van der Waals surface area (Å²) in [4.78, 5) is 28.7. The van der Waals surface area contributed by atoms with Crippen LogP contribution in [0, 0.1) is 6.92 Å². The fraction of sp³-hybridized carbons (Fsp3) is 0.167. The Labute approximate surface area is 236 Å². The molecule has 0 radical (unpaired) electrons. The SMILES string of the molecule is CCOc1cc(C)nc2c1ccc1cccnc12.CCOc1cc(C=O)nc2c1ccc1cccnc12.O=[Se]=O. The molecule has 0 fully saturated rings. The van der Waals surface area contributed by atoms with Gasteiger partial charge in [0.25, 0.3) is 0 Å². The van der Waals surface area contributed by atoms with Gasteiger partial charge in [0.05, 0.1) is 24.2 Å². The number of ether oxygens (including phenoxy) is 2. The van der Waals surface area contributed by atoms with E-state index in [2.05, 4.69) is 32.1 Å². The summed E-state index contributed by atoms with van der Waals surface area (Å²) in [7, 11) is 0. The third-order valence-corrected chi connectivity index (χ3v) is 5.90. The van der Waals surface area contributed by atoms with Gasteiger partial charge in [-0.15, -0.1) is 0 Å². The summed E-state index contributed by atoms with van der Waals surface area (Å²) in [6.07, 6.45) is 4.24. The Morgan fingerprint density at radius 1 is 0.725 bits per heavy atom. The van der Waals surface area contributed by atoms with Crippen LogP contribution in [0.2, 0.25) is 0 Å². The quantitative estimate of drug-likeness (QED) is 0.136. The average Bonchev–Trinajstić information content (AvgIpc) is 2.98. The number of hydrogen-bond donors (Lipinski definition) is 0. The van der Waals surface area contributed by atoms with Crippen LogP contribution in [0.15, 0.2) is 73.1 Å². The number of nitrogens with zero attached hydrogens (tertiary/aromatic N) is 4. The van der Waals surface area contributed by atoms with Gasteiger partial charge in [-0.05, 0) is 45.0 Å². The van der Waals surface area contributed by atoms with Crippen molar-refractivity contribution in [3.63, 3.8) is 0 Å². The first-order valence-corrected chi connectivity index (χ1v) is 13.9. The maximum absolute atomic E-state index is 11.0. The van der Waals surface area contributed by atoms with Crippen LogP contribution >= 0.6 is 0 Å². The molecule has 40 heavy (non-hydrogen) atoms. The predicted molar refractivity (Wildman–Crippen MR) is 154 cm³/mol. The molecule has 0 N–H and O–H groups in total. The molecule has 6 rings (SSSR count). The number of rotatable bonds is 5. The molecule has 0 aliphatic carbocycles. The van der Waals surface area contributed by atoms with Crippen molar-refractivity contribution in [2.45, 2.75) is 20.8 Å². The van der Waals surface area contributed by atoms with Crippen molar-refractivity contribution < 1.29 is 21.9 Å². The number of carbonyl (C=O) groups is 1. The van der Waals surface area contributed by atoms with Crippen LogP contribution in [-0.4, -0.2) is 54.3 Å². The van der Waals surface area contributed by atoms with Crippen LogP contribution in [0.1, 0.15) is 30.0 Å². The molecule has 10 heteroatoms. The van der Waals surface area contributed by atoms with Gasteiger partial charge in [-0.25, -0.2) is 4.98 Å². The summed E-state index contributed by atoms with van der Waals surface area (Å²) in [5, 5.41) is 3.99. The van der Waals surface area contributed by atoms with Crippen molar-refractivity contribution in [1.82, 2.24) is 19.9 Å². The van der Waals surface area contributed by atoms with Crippen LogP contribution in [0.5, 0.6) is 11.5 Å². The van der Waals surface area contributed by atoms with Crippen molar-refractivity contribution in [3.05, 3.63) is 84.4 Å². The summed E-state index contributed by atoms with van der Waals surface area (Å²) in [5.41, 5.74) is 4.63. The van der Waals surface area contributed by atoms with Gasteiger partial charge in [-0.3, -0.25) is 19.7 Å². The van der Waals surface area contributed by atoms with Gasteiger partial charge >= 0.3 is 22.5 Å². The first-order chi connectivity index (χ1) is 19.5. The Kier molecular flexibility index (Phi) is 9.62. The zero-order chi connectivity index (χ0) is 28.5. The summed E-state index contributed by atoms with van der Waals surface area (Å²) < 4.78 is 28.1. The van der Waals surface area contributed by atoms with Crippen molar-refractivity contribution in [2.75, 3.05) is 13.2 Å². The zero-order valence-electron chi connectivity index (χ0n) is 22.2. The summed E-state index contributed by atoms with van der Waals surface area (Å²) in [5.74, 6) is 1.55. The second-order valence-corrected chi connectivity index (χ2v) is 8.72. The average molecular weight is 602 g/mol. The first kappa shape index (κ1) is 28.5. The number of aromatic nitrogens is 4. The fourth-order valence-electron chi connectivity index (χ4n) is 4.34. The van der Waals surface area contributed by atoms with E-state index in [-0.39, 0.29) is 0 Å². The van der Waals surface area contributed by atoms with Crippen molar-refractivity contribution in [1.29, 1.82) is 0 Å². The monoisotopic (exact) mass is 602 g/mol. The molecule has 0 unspecified atom stereocenters. The molecule has 9 nitrogen and oxygen atoms in total. The third kappa shape index (κ3) is 6.20. The van der Waals surface area contributed by atoms with Gasteiger partial charge in [0.2, 0.25) is 0 Å².